The van der Waals surface area contributed by atoms with Crippen LogP contribution in [0.3, 0.4) is 0 Å². The smallest absolute Gasteiger partial charge is 0.246 e. The molecule has 0 saturated heterocycles. The van der Waals surface area contributed by atoms with Gasteiger partial charge < -0.3 is 15.5 Å². The number of benzene rings is 1. The molecule has 1 unspecified atom stereocenters. The van der Waals surface area contributed by atoms with Crippen LogP contribution in [-0.4, -0.2) is 38.5 Å². The lowest BCUT2D eigenvalue weighted by Gasteiger charge is -2.29. The van der Waals surface area contributed by atoms with E-state index in [4.69, 9.17) is 0 Å². The molecule has 0 radical (unpaired) electrons. The van der Waals surface area contributed by atoms with Crippen LogP contribution in [0.15, 0.2) is 46.8 Å². The van der Waals surface area contributed by atoms with Gasteiger partial charge in [-0.2, -0.15) is 0 Å². The molecular formula is C20H27IN4OS. The lowest BCUT2D eigenvalue weighted by atomic mass is 10.0. The Labute approximate surface area is 182 Å². The number of amides is 1. The first-order valence-corrected chi connectivity index (χ1v) is 9.93. The molecule has 27 heavy (non-hydrogen) atoms. The summed E-state index contributed by atoms with van der Waals surface area (Å²) in [5.41, 5.74) is 2.29. The SMILES string of the molecule is CN=C(NCC(=O)N1CCCc2ccccc21)NCC(C)c1cccs1.I. The molecule has 1 aromatic carbocycles. The second-order valence-corrected chi connectivity index (χ2v) is 7.48. The van der Waals surface area contributed by atoms with Crippen molar-refractivity contribution in [2.75, 3.05) is 31.6 Å². The number of para-hydroxylation sites is 1. The zero-order valence-corrected chi connectivity index (χ0v) is 18.9. The lowest BCUT2D eigenvalue weighted by molar-refractivity contribution is -0.117. The number of thiophene rings is 1. The standard InChI is InChI=1S/C20H26N4OS.HI/c1-15(18-10-6-12-26-18)13-22-20(21-2)23-14-19(25)24-11-5-8-16-7-3-4-9-17(16)24;/h3-4,6-7,9-10,12,15H,5,8,11,13-14H2,1-2H3,(H2,21,22,23);1H. The maximum Gasteiger partial charge on any atom is 0.246 e. The summed E-state index contributed by atoms with van der Waals surface area (Å²) in [6.45, 7) is 3.98. The summed E-state index contributed by atoms with van der Waals surface area (Å²) in [7, 11) is 1.73. The fraction of sp³-hybridized carbons (Fsp3) is 0.400. The van der Waals surface area contributed by atoms with Crippen LogP contribution in [0.1, 0.15) is 29.7 Å². The van der Waals surface area contributed by atoms with Crippen LogP contribution in [0.5, 0.6) is 0 Å². The Morgan fingerprint density at radius 3 is 2.81 bits per heavy atom. The van der Waals surface area contributed by atoms with Crippen LogP contribution >= 0.6 is 35.3 Å². The summed E-state index contributed by atoms with van der Waals surface area (Å²) < 4.78 is 0. The Kier molecular flexibility index (Phi) is 8.56. The van der Waals surface area contributed by atoms with E-state index in [1.54, 1.807) is 18.4 Å². The van der Waals surface area contributed by atoms with Gasteiger partial charge in [0.25, 0.3) is 0 Å². The molecule has 1 aromatic heterocycles. The Balaban J connectivity index is 0.00000261. The molecular weight excluding hydrogens is 471 g/mol. The minimum atomic E-state index is 0. The van der Waals surface area contributed by atoms with Gasteiger partial charge in [-0.15, -0.1) is 35.3 Å². The molecule has 1 aliphatic rings. The van der Waals surface area contributed by atoms with Crippen molar-refractivity contribution in [3.8, 4) is 0 Å². The number of rotatable bonds is 5. The zero-order valence-electron chi connectivity index (χ0n) is 15.8. The van der Waals surface area contributed by atoms with Crippen molar-refractivity contribution in [1.82, 2.24) is 10.6 Å². The van der Waals surface area contributed by atoms with Gasteiger partial charge in [0, 0.05) is 36.6 Å². The van der Waals surface area contributed by atoms with Gasteiger partial charge in [0.2, 0.25) is 5.91 Å². The second-order valence-electron chi connectivity index (χ2n) is 6.50. The van der Waals surface area contributed by atoms with Crippen LogP contribution in [0.4, 0.5) is 5.69 Å². The number of halogens is 1. The quantitative estimate of drug-likeness (QED) is 0.376. The highest BCUT2D eigenvalue weighted by Crippen LogP contribution is 2.26. The maximum absolute atomic E-state index is 12.7. The Bertz CT molecular complexity index is 763. The van der Waals surface area contributed by atoms with Crippen LogP contribution in [0.25, 0.3) is 0 Å². The van der Waals surface area contributed by atoms with Crippen LogP contribution < -0.4 is 15.5 Å². The third-order valence-corrected chi connectivity index (χ3v) is 5.75. The predicted octanol–water partition coefficient (Wildman–Crippen LogP) is 3.61. The first-order valence-electron chi connectivity index (χ1n) is 9.05. The minimum absolute atomic E-state index is 0. The molecule has 0 bridgehead atoms. The summed E-state index contributed by atoms with van der Waals surface area (Å²) in [4.78, 5) is 20.1. The summed E-state index contributed by atoms with van der Waals surface area (Å²) in [5, 5.41) is 8.55. The number of hydrogen-bond acceptors (Lipinski definition) is 3. The molecule has 0 spiro atoms. The molecule has 0 saturated carbocycles. The Morgan fingerprint density at radius 1 is 1.26 bits per heavy atom. The van der Waals surface area contributed by atoms with Crippen molar-refractivity contribution in [1.29, 1.82) is 0 Å². The monoisotopic (exact) mass is 498 g/mol. The average molecular weight is 498 g/mol. The van der Waals surface area contributed by atoms with Gasteiger partial charge >= 0.3 is 0 Å². The highest BCUT2D eigenvalue weighted by Gasteiger charge is 2.22. The van der Waals surface area contributed by atoms with Crippen LogP contribution in [0, 0.1) is 0 Å². The van der Waals surface area contributed by atoms with Crippen molar-refractivity contribution < 1.29 is 4.79 Å². The largest absolute Gasteiger partial charge is 0.356 e. The normalized spacial score (nSPS) is 14.7. The molecule has 2 heterocycles. The summed E-state index contributed by atoms with van der Waals surface area (Å²) >= 11 is 1.76. The van der Waals surface area contributed by atoms with Crippen molar-refractivity contribution in [3.63, 3.8) is 0 Å². The molecule has 5 nitrogen and oxygen atoms in total. The highest BCUT2D eigenvalue weighted by atomic mass is 127. The van der Waals surface area contributed by atoms with E-state index in [0.29, 0.717) is 11.9 Å². The molecule has 2 N–H and O–H groups in total. The van der Waals surface area contributed by atoms with E-state index < -0.39 is 0 Å². The first-order chi connectivity index (χ1) is 12.7. The van der Waals surface area contributed by atoms with E-state index in [1.807, 2.05) is 23.1 Å². The van der Waals surface area contributed by atoms with Crippen molar-refractivity contribution in [3.05, 3.63) is 52.2 Å². The number of aliphatic imine (C=N–C) groups is 1. The number of fused-ring (bicyclic) bond motifs is 1. The summed E-state index contributed by atoms with van der Waals surface area (Å²) in [6, 6.07) is 12.4. The number of guanidine groups is 1. The molecule has 0 fully saturated rings. The first kappa shape index (κ1) is 21.7. The van der Waals surface area contributed by atoms with E-state index in [1.165, 1.54) is 10.4 Å². The van der Waals surface area contributed by atoms with Gasteiger partial charge in [-0.3, -0.25) is 9.79 Å². The van der Waals surface area contributed by atoms with Crippen LogP contribution in [-0.2, 0) is 11.2 Å². The minimum Gasteiger partial charge on any atom is -0.356 e. The number of aryl methyl sites for hydroxylation is 1. The van der Waals surface area contributed by atoms with Gasteiger partial charge in [0.05, 0.1) is 6.54 Å². The van der Waals surface area contributed by atoms with Gasteiger partial charge in [-0.05, 0) is 35.9 Å². The number of hydrogen-bond donors (Lipinski definition) is 2. The van der Waals surface area contributed by atoms with E-state index in [9.17, 15) is 4.79 Å². The highest BCUT2D eigenvalue weighted by molar-refractivity contribution is 14.0. The lowest BCUT2D eigenvalue weighted by Crippen LogP contribution is -2.46. The number of anilines is 1. The number of carbonyl (C=O) groups is 1. The number of nitrogens with one attached hydrogen (secondary N) is 2. The van der Waals surface area contributed by atoms with E-state index in [2.05, 4.69) is 46.1 Å². The van der Waals surface area contributed by atoms with E-state index >= 15 is 0 Å². The molecule has 1 amide bonds. The van der Waals surface area contributed by atoms with Crippen LogP contribution in [0.2, 0.25) is 0 Å². The number of nitrogens with zero attached hydrogens (tertiary/aromatic N) is 2. The predicted molar refractivity (Wildman–Crippen MR) is 125 cm³/mol. The van der Waals surface area contributed by atoms with Gasteiger partial charge in [-0.25, -0.2) is 0 Å². The molecule has 7 heteroatoms. The van der Waals surface area contributed by atoms with E-state index in [-0.39, 0.29) is 36.4 Å². The fourth-order valence-electron chi connectivity index (χ4n) is 3.19. The summed E-state index contributed by atoms with van der Waals surface area (Å²) in [5.74, 6) is 1.14. The molecule has 2 aromatic rings. The topological polar surface area (TPSA) is 56.7 Å². The zero-order chi connectivity index (χ0) is 18.4. The maximum atomic E-state index is 12.7. The Hall–Kier alpha value is -1.61. The van der Waals surface area contributed by atoms with Gasteiger partial charge in [0.15, 0.2) is 5.96 Å². The molecule has 0 aliphatic carbocycles. The second kappa shape index (κ2) is 10.7. The van der Waals surface area contributed by atoms with Crippen molar-refractivity contribution in [2.24, 2.45) is 4.99 Å². The van der Waals surface area contributed by atoms with E-state index in [0.717, 1.165) is 31.6 Å². The summed E-state index contributed by atoms with van der Waals surface area (Å²) in [6.07, 6.45) is 2.05. The third kappa shape index (κ3) is 5.68. The van der Waals surface area contributed by atoms with Crippen molar-refractivity contribution in [2.45, 2.75) is 25.7 Å². The molecule has 1 atom stereocenters. The van der Waals surface area contributed by atoms with Gasteiger partial charge in [-0.1, -0.05) is 31.2 Å². The fourth-order valence-corrected chi connectivity index (χ4v) is 3.98. The number of carbonyl (C=O) groups excluding carboxylic acids is 1. The van der Waals surface area contributed by atoms with Gasteiger partial charge in [0.1, 0.15) is 0 Å². The molecule has 146 valence electrons. The van der Waals surface area contributed by atoms with Crippen molar-refractivity contribution >= 4 is 52.9 Å². The Morgan fingerprint density at radius 2 is 2.07 bits per heavy atom. The average Bonchev–Trinajstić information content (AvgIpc) is 3.22. The molecule has 3 rings (SSSR count). The molecule has 1 aliphatic heterocycles. The third-order valence-electron chi connectivity index (χ3n) is 4.65.